The molecule has 6 nitrogen and oxygen atoms in total. The van der Waals surface area contributed by atoms with Gasteiger partial charge in [0.1, 0.15) is 0 Å². The van der Waals surface area contributed by atoms with Crippen LogP contribution in [-0.2, 0) is 4.79 Å². The summed E-state index contributed by atoms with van der Waals surface area (Å²) in [5.74, 6) is -1.45. The Morgan fingerprint density at radius 3 is 2.31 bits per heavy atom. The zero-order chi connectivity index (χ0) is 12.7. The number of aliphatic carboxylic acids is 1. The van der Waals surface area contributed by atoms with Crippen molar-refractivity contribution in [2.24, 2.45) is 5.92 Å². The molecule has 0 saturated carbocycles. The van der Waals surface area contributed by atoms with Gasteiger partial charge in [-0.2, -0.15) is 0 Å². The lowest BCUT2D eigenvalue weighted by atomic mass is 10.2. The van der Waals surface area contributed by atoms with Crippen molar-refractivity contribution in [2.45, 2.75) is 6.92 Å². The highest BCUT2D eigenvalue weighted by Crippen LogP contribution is 1.98. The number of carbonyl (C=O) groups is 2. The van der Waals surface area contributed by atoms with Crippen LogP contribution in [0.4, 0.5) is 4.79 Å². The Bertz CT molecular complexity index is 243. The zero-order valence-corrected chi connectivity index (χ0v) is 10.4. The second-order valence-corrected chi connectivity index (χ2v) is 4.16. The number of carbonyl (C=O) groups excluding carboxylic acids is 1. The van der Waals surface area contributed by atoms with Crippen LogP contribution in [0.15, 0.2) is 0 Å². The summed E-state index contributed by atoms with van der Waals surface area (Å²) >= 11 is 0. The average Bonchev–Trinajstić information content (AvgIpc) is 2.16. The van der Waals surface area contributed by atoms with Gasteiger partial charge in [0.2, 0.25) is 0 Å². The lowest BCUT2D eigenvalue weighted by molar-refractivity contribution is -0.141. The van der Waals surface area contributed by atoms with Gasteiger partial charge in [0.05, 0.1) is 5.92 Å². The van der Waals surface area contributed by atoms with Crippen LogP contribution in [0.25, 0.3) is 0 Å². The maximum absolute atomic E-state index is 11.5. The van der Waals surface area contributed by atoms with E-state index in [4.69, 9.17) is 5.11 Å². The normalized spacial score (nSPS) is 12.3. The highest BCUT2D eigenvalue weighted by molar-refractivity contribution is 5.75. The number of carboxylic acids is 1. The Morgan fingerprint density at radius 1 is 1.31 bits per heavy atom. The number of urea groups is 1. The molecule has 16 heavy (non-hydrogen) atoms. The zero-order valence-electron chi connectivity index (χ0n) is 10.4. The van der Waals surface area contributed by atoms with Crippen molar-refractivity contribution in [1.29, 1.82) is 0 Å². The Morgan fingerprint density at radius 2 is 1.88 bits per heavy atom. The molecule has 0 fully saturated rings. The molecule has 0 heterocycles. The van der Waals surface area contributed by atoms with E-state index in [0.29, 0.717) is 6.54 Å². The molecule has 0 aliphatic carbocycles. The monoisotopic (exact) mass is 231 g/mol. The lowest BCUT2D eigenvalue weighted by Gasteiger charge is -2.20. The summed E-state index contributed by atoms with van der Waals surface area (Å²) in [5.41, 5.74) is 0. The second-order valence-electron chi connectivity index (χ2n) is 4.16. The van der Waals surface area contributed by atoms with Crippen molar-refractivity contribution < 1.29 is 14.7 Å². The van der Waals surface area contributed by atoms with E-state index < -0.39 is 11.9 Å². The first kappa shape index (κ1) is 14.7. The maximum atomic E-state index is 11.5. The predicted octanol–water partition coefficient (Wildman–Crippen LogP) is -0.0899. The average molecular weight is 231 g/mol. The molecule has 0 aromatic rings. The predicted molar refractivity (Wildman–Crippen MR) is 61.4 cm³/mol. The van der Waals surface area contributed by atoms with Gasteiger partial charge in [0, 0.05) is 26.7 Å². The number of carboxylic acid groups (broad SMARTS) is 1. The van der Waals surface area contributed by atoms with Crippen molar-refractivity contribution in [2.75, 3.05) is 40.8 Å². The molecule has 0 aliphatic rings. The quantitative estimate of drug-likeness (QED) is 0.670. The fourth-order valence-corrected chi connectivity index (χ4v) is 1.09. The highest BCUT2D eigenvalue weighted by Gasteiger charge is 2.16. The van der Waals surface area contributed by atoms with Crippen LogP contribution >= 0.6 is 0 Å². The summed E-state index contributed by atoms with van der Waals surface area (Å²) in [6.45, 7) is 3.10. The first-order chi connectivity index (χ1) is 7.34. The van der Waals surface area contributed by atoms with Gasteiger partial charge in [-0.3, -0.25) is 4.79 Å². The number of likely N-dealkylation sites (N-methyl/N-ethyl adjacent to an activating group) is 1. The minimum Gasteiger partial charge on any atom is -0.481 e. The molecule has 94 valence electrons. The molecule has 0 aromatic carbocycles. The number of amides is 2. The largest absolute Gasteiger partial charge is 0.481 e. The second kappa shape index (κ2) is 7.05. The molecule has 0 radical (unpaired) electrons. The Hall–Kier alpha value is -1.30. The molecule has 0 spiro atoms. The van der Waals surface area contributed by atoms with E-state index >= 15 is 0 Å². The first-order valence-corrected chi connectivity index (χ1v) is 5.21. The number of nitrogens with zero attached hydrogens (tertiary/aromatic N) is 2. The lowest BCUT2D eigenvalue weighted by Crippen LogP contribution is -2.42. The van der Waals surface area contributed by atoms with Gasteiger partial charge in [0.25, 0.3) is 0 Å². The van der Waals surface area contributed by atoms with Crippen molar-refractivity contribution in [3.63, 3.8) is 0 Å². The van der Waals surface area contributed by atoms with Crippen molar-refractivity contribution >= 4 is 12.0 Å². The molecular weight excluding hydrogens is 210 g/mol. The van der Waals surface area contributed by atoms with E-state index in [0.717, 1.165) is 6.54 Å². The molecule has 0 aliphatic heterocycles. The Labute approximate surface area is 96.2 Å². The fraction of sp³-hybridized carbons (Fsp3) is 0.800. The van der Waals surface area contributed by atoms with Crippen LogP contribution in [0.2, 0.25) is 0 Å². The standard InChI is InChI=1S/C10H21N3O3/c1-8(9(14)15)7-13(4)10(16)11-5-6-12(2)3/h8H,5-7H2,1-4H3,(H,11,16)(H,14,15). The van der Waals surface area contributed by atoms with Crippen molar-refractivity contribution in [1.82, 2.24) is 15.1 Å². The third kappa shape index (κ3) is 6.23. The third-order valence-corrected chi connectivity index (χ3v) is 2.15. The van der Waals surface area contributed by atoms with Gasteiger partial charge in [0.15, 0.2) is 0 Å². The molecule has 2 N–H and O–H groups in total. The molecule has 1 unspecified atom stereocenters. The van der Waals surface area contributed by atoms with E-state index in [1.165, 1.54) is 4.90 Å². The number of rotatable bonds is 6. The van der Waals surface area contributed by atoms with Crippen LogP contribution in [0.5, 0.6) is 0 Å². The molecule has 1 atom stereocenters. The maximum Gasteiger partial charge on any atom is 0.317 e. The van der Waals surface area contributed by atoms with Crippen LogP contribution in [0, 0.1) is 5.92 Å². The van der Waals surface area contributed by atoms with E-state index in [9.17, 15) is 9.59 Å². The summed E-state index contributed by atoms with van der Waals surface area (Å²) < 4.78 is 0. The van der Waals surface area contributed by atoms with E-state index in [-0.39, 0.29) is 12.6 Å². The number of hydrogen-bond donors (Lipinski definition) is 2. The molecule has 0 aromatic heterocycles. The minimum atomic E-state index is -0.895. The van der Waals surface area contributed by atoms with Gasteiger partial charge in [-0.05, 0) is 14.1 Å². The molecule has 2 amide bonds. The van der Waals surface area contributed by atoms with Crippen molar-refractivity contribution in [3.8, 4) is 0 Å². The number of nitrogens with one attached hydrogen (secondary N) is 1. The smallest absolute Gasteiger partial charge is 0.317 e. The Balaban J connectivity index is 3.86. The van der Waals surface area contributed by atoms with Gasteiger partial charge >= 0.3 is 12.0 Å². The van der Waals surface area contributed by atoms with Crippen molar-refractivity contribution in [3.05, 3.63) is 0 Å². The summed E-state index contributed by atoms with van der Waals surface area (Å²) in [5, 5.41) is 11.4. The summed E-state index contributed by atoms with van der Waals surface area (Å²) in [6.07, 6.45) is 0. The number of hydrogen-bond acceptors (Lipinski definition) is 3. The van der Waals surface area contributed by atoms with Gasteiger partial charge in [-0.25, -0.2) is 4.79 Å². The van der Waals surface area contributed by atoms with Crippen LogP contribution in [0.1, 0.15) is 6.92 Å². The van der Waals surface area contributed by atoms with Crippen LogP contribution < -0.4 is 5.32 Å². The summed E-state index contributed by atoms with van der Waals surface area (Å²) in [4.78, 5) is 25.4. The molecular formula is C10H21N3O3. The Kier molecular flexibility index (Phi) is 6.48. The third-order valence-electron chi connectivity index (χ3n) is 2.15. The SMILES string of the molecule is CC(CN(C)C(=O)NCCN(C)C)C(=O)O. The van der Waals surface area contributed by atoms with Gasteiger partial charge in [-0.15, -0.1) is 0 Å². The summed E-state index contributed by atoms with van der Waals surface area (Å²) in [7, 11) is 5.43. The molecule has 0 rings (SSSR count). The van der Waals surface area contributed by atoms with Gasteiger partial charge in [-0.1, -0.05) is 6.92 Å². The molecule has 0 bridgehead atoms. The molecule has 0 saturated heterocycles. The topological polar surface area (TPSA) is 72.9 Å². The fourth-order valence-electron chi connectivity index (χ4n) is 1.09. The summed E-state index contributed by atoms with van der Waals surface area (Å²) in [6, 6.07) is -0.241. The van der Waals surface area contributed by atoms with E-state index in [1.807, 2.05) is 19.0 Å². The minimum absolute atomic E-state index is 0.211. The van der Waals surface area contributed by atoms with E-state index in [1.54, 1.807) is 14.0 Å². The molecule has 6 heteroatoms. The van der Waals surface area contributed by atoms with Crippen LogP contribution in [-0.4, -0.2) is 67.7 Å². The van der Waals surface area contributed by atoms with Crippen LogP contribution in [0.3, 0.4) is 0 Å². The highest BCUT2D eigenvalue weighted by atomic mass is 16.4. The first-order valence-electron chi connectivity index (χ1n) is 5.21. The van der Waals surface area contributed by atoms with E-state index in [2.05, 4.69) is 5.32 Å². The van der Waals surface area contributed by atoms with Gasteiger partial charge < -0.3 is 20.2 Å².